The van der Waals surface area contributed by atoms with E-state index in [2.05, 4.69) is 0 Å². The van der Waals surface area contributed by atoms with Crippen molar-refractivity contribution in [1.29, 1.82) is 0 Å². The summed E-state index contributed by atoms with van der Waals surface area (Å²) < 4.78 is 23.5. The highest BCUT2D eigenvalue weighted by atomic mass is 35.5. The van der Waals surface area contributed by atoms with E-state index in [1.54, 1.807) is 0 Å². The fourth-order valence-electron chi connectivity index (χ4n) is 1.41. The van der Waals surface area contributed by atoms with Gasteiger partial charge in [0.15, 0.2) is 12.6 Å². The van der Waals surface area contributed by atoms with E-state index < -0.39 is 12.1 Å². The summed E-state index contributed by atoms with van der Waals surface area (Å²) >= 11 is 5.86. The molecule has 5 heteroatoms. The second-order valence-electron chi connectivity index (χ2n) is 3.06. The Hall–Kier alpha value is -0.970. The lowest BCUT2D eigenvalue weighted by molar-refractivity contribution is -0.0440. The predicted octanol–water partition coefficient (Wildman–Crippen LogP) is 2.34. The lowest BCUT2D eigenvalue weighted by Crippen LogP contribution is -2.02. The maximum Gasteiger partial charge on any atom is 0.185 e. The molecule has 3 nitrogen and oxygen atoms in total. The van der Waals surface area contributed by atoms with Crippen LogP contribution in [0.1, 0.15) is 22.2 Å². The molecule has 0 radical (unpaired) electrons. The van der Waals surface area contributed by atoms with Crippen molar-refractivity contribution in [2.75, 3.05) is 13.2 Å². The number of aldehydes is 1. The molecule has 0 aromatic heterocycles. The van der Waals surface area contributed by atoms with Gasteiger partial charge in [-0.3, -0.25) is 4.79 Å². The molecule has 0 N–H and O–H groups in total. The standard InChI is InChI=1S/C10H8ClFO3/c11-9-6(10-14-3-4-15-10)1-2-8(12)7(9)5-13/h1-2,5,10H,3-4H2. The van der Waals surface area contributed by atoms with E-state index in [0.717, 1.165) is 0 Å². The summed E-state index contributed by atoms with van der Waals surface area (Å²) in [7, 11) is 0. The third-order valence-electron chi connectivity index (χ3n) is 2.15. The molecule has 0 aliphatic carbocycles. The Morgan fingerprint density at radius 3 is 2.67 bits per heavy atom. The van der Waals surface area contributed by atoms with Crippen molar-refractivity contribution in [3.05, 3.63) is 34.1 Å². The number of carbonyl (C=O) groups is 1. The van der Waals surface area contributed by atoms with Gasteiger partial charge in [0.25, 0.3) is 0 Å². The minimum absolute atomic E-state index is 0.0527. The summed E-state index contributed by atoms with van der Waals surface area (Å²) in [6, 6.07) is 2.64. The van der Waals surface area contributed by atoms with Crippen molar-refractivity contribution < 1.29 is 18.7 Å². The van der Waals surface area contributed by atoms with Gasteiger partial charge in [-0.25, -0.2) is 4.39 Å². The highest BCUT2D eigenvalue weighted by molar-refractivity contribution is 6.33. The second kappa shape index (κ2) is 4.26. The van der Waals surface area contributed by atoms with Gasteiger partial charge in [-0.2, -0.15) is 0 Å². The van der Waals surface area contributed by atoms with Crippen LogP contribution >= 0.6 is 11.6 Å². The number of ether oxygens (including phenoxy) is 2. The summed E-state index contributed by atoms with van der Waals surface area (Å²) in [6.45, 7) is 0.934. The van der Waals surface area contributed by atoms with Gasteiger partial charge in [-0.05, 0) is 12.1 Å². The molecule has 1 aromatic carbocycles. The molecular formula is C10H8ClFO3. The fourth-order valence-corrected chi connectivity index (χ4v) is 1.70. The average Bonchev–Trinajstić information content (AvgIpc) is 2.71. The molecule has 0 amide bonds. The Balaban J connectivity index is 2.43. The van der Waals surface area contributed by atoms with E-state index >= 15 is 0 Å². The van der Waals surface area contributed by atoms with Gasteiger partial charge < -0.3 is 9.47 Å². The first kappa shape index (κ1) is 10.5. The molecule has 80 valence electrons. The van der Waals surface area contributed by atoms with Crippen LogP contribution in [0.25, 0.3) is 0 Å². The number of carbonyl (C=O) groups excluding carboxylic acids is 1. The topological polar surface area (TPSA) is 35.5 Å². The average molecular weight is 231 g/mol. The molecule has 1 aromatic rings. The number of hydrogen-bond acceptors (Lipinski definition) is 3. The molecule has 0 saturated carbocycles. The minimum atomic E-state index is -0.642. The molecule has 1 fully saturated rings. The summed E-state index contributed by atoms with van der Waals surface area (Å²) in [5, 5.41) is 0.0527. The number of hydrogen-bond donors (Lipinski definition) is 0. The largest absolute Gasteiger partial charge is 0.346 e. The van der Waals surface area contributed by atoms with E-state index in [4.69, 9.17) is 21.1 Å². The highest BCUT2D eigenvalue weighted by Crippen LogP contribution is 2.32. The van der Waals surface area contributed by atoms with E-state index in [1.807, 2.05) is 0 Å². The molecular weight excluding hydrogens is 223 g/mol. The SMILES string of the molecule is O=Cc1c(F)ccc(C2OCCO2)c1Cl. The van der Waals surface area contributed by atoms with Crippen molar-refractivity contribution in [2.45, 2.75) is 6.29 Å². The predicted molar refractivity (Wildman–Crippen MR) is 51.4 cm³/mol. The zero-order valence-corrected chi connectivity index (χ0v) is 8.46. The van der Waals surface area contributed by atoms with Crippen LogP contribution in [0, 0.1) is 5.82 Å². The molecule has 1 aliphatic heterocycles. The van der Waals surface area contributed by atoms with Crippen molar-refractivity contribution in [1.82, 2.24) is 0 Å². The molecule has 0 atom stereocenters. The Kier molecular flexibility index (Phi) is 3.00. The van der Waals surface area contributed by atoms with E-state index in [0.29, 0.717) is 25.1 Å². The molecule has 1 saturated heterocycles. The van der Waals surface area contributed by atoms with Crippen LogP contribution in [0.3, 0.4) is 0 Å². The summed E-state index contributed by atoms with van der Waals surface area (Å²) in [4.78, 5) is 10.6. The number of benzene rings is 1. The van der Waals surface area contributed by atoms with Crippen molar-refractivity contribution >= 4 is 17.9 Å². The zero-order chi connectivity index (χ0) is 10.8. The van der Waals surface area contributed by atoms with Crippen LogP contribution in [0.5, 0.6) is 0 Å². The lowest BCUT2D eigenvalue weighted by atomic mass is 10.1. The fraction of sp³-hybridized carbons (Fsp3) is 0.300. The van der Waals surface area contributed by atoms with Gasteiger partial charge >= 0.3 is 0 Å². The van der Waals surface area contributed by atoms with Crippen molar-refractivity contribution in [3.8, 4) is 0 Å². The van der Waals surface area contributed by atoms with Gasteiger partial charge in [-0.1, -0.05) is 11.6 Å². The van der Waals surface area contributed by atoms with Crippen LogP contribution in [-0.4, -0.2) is 19.5 Å². The first-order valence-corrected chi connectivity index (χ1v) is 4.78. The smallest absolute Gasteiger partial charge is 0.185 e. The molecule has 0 bridgehead atoms. The number of rotatable bonds is 2. The molecule has 0 unspecified atom stereocenters. The van der Waals surface area contributed by atoms with E-state index in [9.17, 15) is 9.18 Å². The third kappa shape index (κ3) is 1.88. The van der Waals surface area contributed by atoms with Crippen LogP contribution in [0.15, 0.2) is 12.1 Å². The van der Waals surface area contributed by atoms with Crippen LogP contribution < -0.4 is 0 Å². The van der Waals surface area contributed by atoms with Gasteiger partial charge in [0.05, 0.1) is 23.8 Å². The Bertz CT molecular complexity index is 388. The van der Waals surface area contributed by atoms with Crippen LogP contribution in [0.2, 0.25) is 5.02 Å². The minimum Gasteiger partial charge on any atom is -0.346 e. The first-order chi connectivity index (χ1) is 7.24. The van der Waals surface area contributed by atoms with Gasteiger partial charge in [0.2, 0.25) is 0 Å². The molecule has 0 spiro atoms. The lowest BCUT2D eigenvalue weighted by Gasteiger charge is -2.12. The Morgan fingerprint density at radius 1 is 1.40 bits per heavy atom. The Morgan fingerprint density at radius 2 is 2.07 bits per heavy atom. The Labute approximate surface area is 90.7 Å². The van der Waals surface area contributed by atoms with Crippen molar-refractivity contribution in [3.63, 3.8) is 0 Å². The van der Waals surface area contributed by atoms with E-state index in [-0.39, 0.29) is 10.6 Å². The van der Waals surface area contributed by atoms with Crippen LogP contribution in [0.4, 0.5) is 4.39 Å². The monoisotopic (exact) mass is 230 g/mol. The highest BCUT2D eigenvalue weighted by Gasteiger charge is 2.23. The van der Waals surface area contributed by atoms with Gasteiger partial charge in [-0.15, -0.1) is 0 Å². The van der Waals surface area contributed by atoms with Crippen LogP contribution in [-0.2, 0) is 9.47 Å². The summed E-state index contributed by atoms with van der Waals surface area (Å²) in [5.74, 6) is -0.642. The molecule has 15 heavy (non-hydrogen) atoms. The van der Waals surface area contributed by atoms with Crippen molar-refractivity contribution in [2.24, 2.45) is 0 Å². The maximum atomic E-state index is 13.1. The van der Waals surface area contributed by atoms with Gasteiger partial charge in [0.1, 0.15) is 5.82 Å². The third-order valence-corrected chi connectivity index (χ3v) is 2.57. The summed E-state index contributed by atoms with van der Waals surface area (Å²) in [6.07, 6.45) is -0.215. The molecule has 1 aliphatic rings. The van der Waals surface area contributed by atoms with Gasteiger partial charge in [0, 0.05) is 5.56 Å². The zero-order valence-electron chi connectivity index (χ0n) is 7.70. The molecule has 2 rings (SSSR count). The molecule has 1 heterocycles. The maximum absolute atomic E-state index is 13.1. The quantitative estimate of drug-likeness (QED) is 0.732. The summed E-state index contributed by atoms with van der Waals surface area (Å²) in [5.41, 5.74) is 0.325. The second-order valence-corrected chi connectivity index (χ2v) is 3.43. The van der Waals surface area contributed by atoms with E-state index in [1.165, 1.54) is 12.1 Å². The first-order valence-electron chi connectivity index (χ1n) is 4.40. The number of halogens is 2. The normalized spacial score (nSPS) is 16.9.